The van der Waals surface area contributed by atoms with Gasteiger partial charge in [0.25, 0.3) is 19.7 Å². The number of hydrogen-bond acceptors (Lipinski definition) is 6. The number of benzene rings is 2. The van der Waals surface area contributed by atoms with Gasteiger partial charge < -0.3 is 15.0 Å². The van der Waals surface area contributed by atoms with Crippen molar-refractivity contribution in [3.63, 3.8) is 0 Å². The third-order valence-corrected chi connectivity index (χ3v) is 12.1. The number of hydrogen-bond donors (Lipinski definition) is 0. The summed E-state index contributed by atoms with van der Waals surface area (Å²) in [5.41, 5.74) is 11.4. The Balaban J connectivity index is 2.46. The molecule has 0 saturated heterocycles. The highest BCUT2D eigenvalue weighted by Crippen LogP contribution is 2.35. The maximum Gasteiger partial charge on any atom is 0.504 e. The molecule has 0 heterocycles. The van der Waals surface area contributed by atoms with Crippen LogP contribution >= 0.6 is 0 Å². The van der Waals surface area contributed by atoms with Crippen molar-refractivity contribution in [2.75, 3.05) is 13.2 Å². The Bertz CT molecular complexity index is 1370. The van der Waals surface area contributed by atoms with Crippen molar-refractivity contribution in [2.45, 2.75) is 140 Å². The van der Waals surface area contributed by atoms with Crippen molar-refractivity contribution >= 4 is 24.1 Å². The van der Waals surface area contributed by atoms with Gasteiger partial charge in [0.2, 0.25) is 0 Å². The van der Waals surface area contributed by atoms with E-state index in [1.54, 1.807) is 24.3 Å². The highest BCUT2D eigenvalue weighted by atomic mass is 32.3. The van der Waals surface area contributed by atoms with Gasteiger partial charge in [-0.15, -0.1) is 4.79 Å². The van der Waals surface area contributed by atoms with E-state index in [1.165, 1.54) is 25.0 Å². The van der Waals surface area contributed by atoms with Gasteiger partial charge in [0, 0.05) is 0 Å². The lowest BCUT2D eigenvalue weighted by atomic mass is 10.0. The van der Waals surface area contributed by atoms with Crippen LogP contribution in [0.3, 0.4) is 0 Å². The summed E-state index contributed by atoms with van der Waals surface area (Å²) in [4.78, 5) is 2.24. The van der Waals surface area contributed by atoms with Crippen LogP contribution in [0.15, 0.2) is 46.2 Å². The topological polar surface area (TPSA) is 123 Å². The first-order chi connectivity index (χ1) is 21.4. The highest BCUT2D eigenvalue weighted by molar-refractivity contribution is 8.31. The van der Waals surface area contributed by atoms with Gasteiger partial charge in [-0.1, -0.05) is 118 Å². The Kier molecular flexibility index (Phi) is 16.3. The maximum absolute atomic E-state index is 14.1. The van der Waals surface area contributed by atoms with E-state index < -0.39 is 24.1 Å². The lowest BCUT2D eigenvalue weighted by Crippen LogP contribution is -2.27. The molecule has 0 aliphatic carbocycles. The molecular weight excluding hydrogens is 609 g/mol. The molecule has 0 saturated carbocycles. The molecular formula is C35H54N2O6S2. The first-order valence-corrected chi connectivity index (χ1v) is 19.6. The van der Waals surface area contributed by atoms with Gasteiger partial charge in [-0.3, -0.25) is 0 Å². The fraction of sp³-hybridized carbons (Fsp3) is 0.629. The van der Waals surface area contributed by atoms with E-state index in [1.807, 2.05) is 27.7 Å². The molecule has 10 heteroatoms. The van der Waals surface area contributed by atoms with Gasteiger partial charge >= 0.3 is 4.38 Å². The summed E-state index contributed by atoms with van der Waals surface area (Å²) in [7, 11) is -9.71. The predicted octanol–water partition coefficient (Wildman–Crippen LogP) is 9.25. The van der Waals surface area contributed by atoms with E-state index in [-0.39, 0.29) is 46.3 Å². The molecule has 2 rings (SSSR count). The van der Waals surface area contributed by atoms with Crippen LogP contribution in [0.2, 0.25) is 0 Å². The quantitative estimate of drug-likeness (QED) is 0.0458. The van der Waals surface area contributed by atoms with Gasteiger partial charge in [0.05, 0.1) is 13.2 Å². The Hall–Kier alpha value is -2.68. The van der Waals surface area contributed by atoms with Crippen LogP contribution in [0.1, 0.15) is 142 Å². The second-order valence-electron chi connectivity index (χ2n) is 12.3. The van der Waals surface area contributed by atoms with Crippen molar-refractivity contribution in [3.8, 4) is 11.5 Å². The van der Waals surface area contributed by atoms with Crippen LogP contribution in [0.4, 0.5) is 0 Å². The van der Waals surface area contributed by atoms with E-state index >= 15 is 0 Å². The van der Waals surface area contributed by atoms with Crippen molar-refractivity contribution in [1.29, 1.82) is 0 Å². The lowest BCUT2D eigenvalue weighted by molar-refractivity contribution is 0.00377. The van der Waals surface area contributed by atoms with Gasteiger partial charge in [-0.25, -0.2) is 16.8 Å². The van der Waals surface area contributed by atoms with Crippen LogP contribution in [-0.4, -0.2) is 39.2 Å². The lowest BCUT2D eigenvalue weighted by Gasteiger charge is -2.15. The van der Waals surface area contributed by atoms with E-state index in [9.17, 15) is 22.4 Å². The fourth-order valence-corrected chi connectivity index (χ4v) is 8.65. The Morgan fingerprint density at radius 2 is 0.978 bits per heavy atom. The highest BCUT2D eigenvalue weighted by Gasteiger charge is 2.47. The molecule has 8 nitrogen and oxygen atoms in total. The summed E-state index contributed by atoms with van der Waals surface area (Å²) < 4.78 is 66.9. The zero-order valence-corrected chi connectivity index (χ0v) is 29.8. The number of rotatable bonds is 20. The summed E-state index contributed by atoms with van der Waals surface area (Å²) in [6.45, 7) is 12.5. The maximum atomic E-state index is 14.1. The molecule has 0 aromatic heterocycles. The molecule has 0 N–H and O–H groups in total. The summed E-state index contributed by atoms with van der Waals surface area (Å²) >= 11 is 0. The molecule has 0 spiro atoms. The molecule has 0 atom stereocenters. The minimum Gasteiger partial charge on any atom is -0.492 e. The number of ether oxygens (including phenoxy) is 2. The number of sulfone groups is 2. The van der Waals surface area contributed by atoms with Crippen molar-refractivity contribution in [3.05, 3.63) is 53.1 Å². The third kappa shape index (κ3) is 11.3. The minimum absolute atomic E-state index is 0.0276. The van der Waals surface area contributed by atoms with Gasteiger partial charge in [-0.05, 0) is 60.1 Å². The average Bonchev–Trinajstić information content (AvgIpc) is 3.00. The number of nitrogens with zero attached hydrogens (tertiary/aromatic N) is 2. The van der Waals surface area contributed by atoms with Gasteiger partial charge in [-0.2, -0.15) is 0 Å². The smallest absolute Gasteiger partial charge is 0.492 e. The van der Waals surface area contributed by atoms with E-state index in [4.69, 9.17) is 9.47 Å². The van der Waals surface area contributed by atoms with Gasteiger partial charge in [0.15, 0.2) is 0 Å². The summed E-state index contributed by atoms with van der Waals surface area (Å²) in [6, 6.07) is 9.47. The summed E-state index contributed by atoms with van der Waals surface area (Å²) in [6.07, 6.45) is 12.4. The summed E-state index contributed by atoms with van der Waals surface area (Å²) in [5, 5.41) is 0. The second-order valence-corrected chi connectivity index (χ2v) is 16.3. The summed E-state index contributed by atoms with van der Waals surface area (Å²) in [5.74, 6) is -0.0238. The largest absolute Gasteiger partial charge is 0.504 e. The van der Waals surface area contributed by atoms with E-state index in [0.717, 1.165) is 64.2 Å². The molecule has 0 aliphatic heterocycles. The molecule has 2 aromatic rings. The number of unbranched alkanes of at least 4 members (excludes halogenated alkanes) is 10. The first-order valence-electron chi connectivity index (χ1n) is 16.7. The fourth-order valence-electron chi connectivity index (χ4n) is 5.00. The standard InChI is InChI=1S/C35H54N2O6S2/c1-7-9-11-13-15-17-23-42-31-21-19-29(27(3)4)25-33(31)44(38,39)35(37-36)45(40,41)34-26-30(28(5)6)20-22-32(34)43-24-18-16-14-12-10-8-2/h19-22,25-28H,7-18,23-24H2,1-6H3. The molecule has 2 aromatic carbocycles. The van der Waals surface area contributed by atoms with Crippen LogP contribution in [0.25, 0.3) is 5.53 Å². The van der Waals surface area contributed by atoms with Crippen LogP contribution in [0.5, 0.6) is 11.5 Å². The minimum atomic E-state index is -4.85. The molecule has 0 aliphatic rings. The molecule has 45 heavy (non-hydrogen) atoms. The Morgan fingerprint density at radius 3 is 1.31 bits per heavy atom. The SMILES string of the molecule is CCCCCCCCOc1ccc(C(C)C)cc1S(=O)(=O)C(=[N+]=[N-])S(=O)(=O)c1cc(C(C)C)ccc1OCCCCCCCC. The predicted molar refractivity (Wildman–Crippen MR) is 182 cm³/mol. The average molecular weight is 663 g/mol. The van der Waals surface area contributed by atoms with Crippen LogP contribution in [-0.2, 0) is 19.7 Å². The first kappa shape index (κ1) is 38.5. The van der Waals surface area contributed by atoms with Crippen LogP contribution < -0.4 is 9.47 Å². The molecule has 0 unspecified atom stereocenters. The Morgan fingerprint density at radius 1 is 0.622 bits per heavy atom. The van der Waals surface area contributed by atoms with E-state index in [2.05, 4.69) is 18.6 Å². The zero-order chi connectivity index (χ0) is 33.5. The molecule has 0 fully saturated rings. The normalized spacial score (nSPS) is 12.0. The molecule has 0 radical (unpaired) electrons. The van der Waals surface area contributed by atoms with Crippen LogP contribution in [0, 0.1) is 0 Å². The molecule has 0 bridgehead atoms. The van der Waals surface area contributed by atoms with E-state index in [0.29, 0.717) is 11.1 Å². The third-order valence-electron chi connectivity index (χ3n) is 7.90. The molecule has 0 amide bonds. The van der Waals surface area contributed by atoms with Crippen molar-refractivity contribution < 1.29 is 31.1 Å². The molecule has 252 valence electrons. The van der Waals surface area contributed by atoms with Crippen molar-refractivity contribution in [2.24, 2.45) is 0 Å². The van der Waals surface area contributed by atoms with Gasteiger partial charge in [0.1, 0.15) is 21.3 Å². The monoisotopic (exact) mass is 662 g/mol. The second kappa shape index (κ2) is 19.1. The zero-order valence-electron chi connectivity index (χ0n) is 28.2. The van der Waals surface area contributed by atoms with Crippen molar-refractivity contribution in [1.82, 2.24) is 0 Å². The Labute approximate surface area is 272 Å².